The molecular weight excluding hydrogens is 665 g/mol. The first-order valence-corrected chi connectivity index (χ1v) is 16.5. The number of carbonyl (C=O) groups is 2. The molecule has 4 heterocycles. The Bertz CT molecular complexity index is 1980. The van der Waals surface area contributed by atoms with Crippen molar-refractivity contribution in [2.45, 2.75) is 19.8 Å². The zero-order valence-electron chi connectivity index (χ0n) is 26.1. The van der Waals surface area contributed by atoms with E-state index in [0.29, 0.717) is 54.9 Å². The van der Waals surface area contributed by atoms with Crippen LogP contribution < -0.4 is 24.3 Å². The third kappa shape index (κ3) is 6.80. The van der Waals surface area contributed by atoms with Crippen LogP contribution in [0.4, 0.5) is 14.5 Å². The predicted octanol–water partition coefficient (Wildman–Crippen LogP) is 7.21. The molecule has 2 aliphatic rings. The average molecular weight is 694 g/mol. The Morgan fingerprint density at radius 1 is 0.812 bits per heavy atom. The lowest BCUT2D eigenvalue weighted by atomic mass is 10.1. The maximum atomic E-state index is 13.8. The van der Waals surface area contributed by atoms with Gasteiger partial charge in [0.25, 0.3) is 5.91 Å². The highest BCUT2D eigenvalue weighted by molar-refractivity contribution is 7.17. The van der Waals surface area contributed by atoms with E-state index in [9.17, 15) is 18.4 Å². The van der Waals surface area contributed by atoms with Crippen molar-refractivity contribution >= 4 is 40.2 Å². The van der Waals surface area contributed by atoms with Crippen LogP contribution in [0, 0.1) is 11.6 Å². The zero-order chi connectivity index (χ0) is 33.8. The third-order valence-electron chi connectivity index (χ3n) is 7.30. The first-order valence-electron chi connectivity index (χ1n) is 14.8. The Morgan fingerprint density at radius 2 is 1.33 bits per heavy atom. The molecule has 3 aromatic carbocycles. The van der Waals surface area contributed by atoms with E-state index >= 15 is 0 Å². The van der Waals surface area contributed by atoms with Crippen molar-refractivity contribution in [1.82, 2.24) is 9.97 Å². The number of amides is 1. The Labute approximate surface area is 282 Å². The van der Waals surface area contributed by atoms with Gasteiger partial charge in [-0.25, -0.2) is 23.5 Å². The Hall–Kier alpha value is -5.08. The summed E-state index contributed by atoms with van der Waals surface area (Å²) in [6.07, 6.45) is 1.19. The monoisotopic (exact) mass is 693 g/mol. The number of hydrogen-bond donors (Lipinski definition) is 1. The standard InChI is InChI=1S/C19H14F2N2O3S.C15H15NO4S/c1-25-10-5-6-15-11(9-10)17-14(7-8-26-15)22-19(27-17)18(24)23-16-12(20)3-2-4-13(16)21;1-3-19-15(17)14-16-11-6-7-20-12-5-4-9(18-2)8-10(12)13(11)21-14/h2-6,9H,7-8H2,1H3,(H,23,24);4-5,8H,3,6-7H2,1-2H3. The third-order valence-corrected chi connectivity index (χ3v) is 9.54. The van der Waals surface area contributed by atoms with Crippen LogP contribution in [0.1, 0.15) is 37.9 Å². The summed E-state index contributed by atoms with van der Waals surface area (Å²) < 4.78 is 54.6. The zero-order valence-corrected chi connectivity index (χ0v) is 27.7. The molecule has 0 unspecified atom stereocenters. The van der Waals surface area contributed by atoms with Crippen molar-refractivity contribution in [3.8, 4) is 43.9 Å². The average Bonchev–Trinajstić information content (AvgIpc) is 3.63. The van der Waals surface area contributed by atoms with Gasteiger partial charge in [-0.2, -0.15) is 0 Å². The van der Waals surface area contributed by atoms with E-state index < -0.39 is 23.2 Å². The highest BCUT2D eigenvalue weighted by Gasteiger charge is 2.26. The van der Waals surface area contributed by atoms with Gasteiger partial charge in [-0.1, -0.05) is 6.07 Å². The van der Waals surface area contributed by atoms with E-state index in [0.717, 1.165) is 61.5 Å². The molecule has 14 heteroatoms. The molecule has 1 amide bonds. The number of thiazole rings is 2. The van der Waals surface area contributed by atoms with Crippen LogP contribution in [-0.4, -0.2) is 55.9 Å². The van der Waals surface area contributed by atoms with Crippen molar-refractivity contribution in [3.05, 3.63) is 87.6 Å². The number of para-hydroxylation sites is 1. The topological polar surface area (TPSA) is 118 Å². The van der Waals surface area contributed by atoms with Gasteiger partial charge < -0.3 is 29.0 Å². The molecule has 0 atom stereocenters. The number of hydrogen-bond acceptors (Lipinski definition) is 11. The normalized spacial score (nSPS) is 12.5. The van der Waals surface area contributed by atoms with Crippen LogP contribution in [0.3, 0.4) is 0 Å². The minimum Gasteiger partial charge on any atom is -0.497 e. The second-order valence-corrected chi connectivity index (χ2v) is 12.3. The second-order valence-electron chi connectivity index (χ2n) is 10.3. The summed E-state index contributed by atoms with van der Waals surface area (Å²) in [4.78, 5) is 34.9. The molecule has 0 saturated heterocycles. The number of esters is 1. The number of methoxy groups -OCH3 is 2. The van der Waals surface area contributed by atoms with Crippen molar-refractivity contribution in [2.75, 3.05) is 39.4 Å². The van der Waals surface area contributed by atoms with Crippen LogP contribution in [0.25, 0.3) is 20.9 Å². The summed E-state index contributed by atoms with van der Waals surface area (Å²) in [5, 5.41) is 2.78. The molecule has 248 valence electrons. The lowest BCUT2D eigenvalue weighted by molar-refractivity contribution is 0.0525. The van der Waals surface area contributed by atoms with Gasteiger partial charge in [-0.15, -0.1) is 22.7 Å². The number of nitrogens with one attached hydrogen (secondary N) is 1. The quantitative estimate of drug-likeness (QED) is 0.184. The van der Waals surface area contributed by atoms with E-state index in [1.54, 1.807) is 33.3 Å². The van der Waals surface area contributed by atoms with Gasteiger partial charge in [-0.3, -0.25) is 4.79 Å². The SMILES string of the molecule is CCOC(=O)c1nc2c(s1)-c1cc(OC)ccc1OCC2.COc1ccc2c(c1)-c1sc(C(=O)Nc3c(F)cccc3F)nc1CCO2. The number of halogens is 2. The smallest absolute Gasteiger partial charge is 0.367 e. The molecule has 1 N–H and O–H groups in total. The fourth-order valence-corrected chi connectivity index (χ4v) is 7.07. The number of aromatic nitrogens is 2. The van der Waals surface area contributed by atoms with Crippen molar-refractivity contribution in [3.63, 3.8) is 0 Å². The van der Waals surface area contributed by atoms with E-state index in [-0.39, 0.29) is 11.0 Å². The van der Waals surface area contributed by atoms with Crippen LogP contribution in [-0.2, 0) is 17.6 Å². The highest BCUT2D eigenvalue weighted by atomic mass is 32.1. The van der Waals surface area contributed by atoms with Crippen LogP contribution >= 0.6 is 22.7 Å². The fourth-order valence-electron chi connectivity index (χ4n) is 5.02. The number of anilines is 1. The minimum absolute atomic E-state index is 0.123. The summed E-state index contributed by atoms with van der Waals surface area (Å²) in [5.41, 5.74) is 2.77. The number of ether oxygens (including phenoxy) is 5. The van der Waals surface area contributed by atoms with Gasteiger partial charge in [0.2, 0.25) is 5.01 Å². The number of rotatable bonds is 6. The largest absolute Gasteiger partial charge is 0.497 e. The van der Waals surface area contributed by atoms with E-state index in [1.807, 2.05) is 24.3 Å². The van der Waals surface area contributed by atoms with Gasteiger partial charge in [0, 0.05) is 24.0 Å². The molecule has 2 aliphatic heterocycles. The molecule has 0 bridgehead atoms. The fraction of sp³-hybridized carbons (Fsp3) is 0.235. The lowest BCUT2D eigenvalue weighted by Gasteiger charge is -2.08. The van der Waals surface area contributed by atoms with E-state index in [4.69, 9.17) is 23.7 Å². The van der Waals surface area contributed by atoms with Crippen LogP contribution in [0.5, 0.6) is 23.0 Å². The Kier molecular flexibility index (Phi) is 9.82. The van der Waals surface area contributed by atoms with Gasteiger partial charge in [0.1, 0.15) is 40.3 Å². The van der Waals surface area contributed by atoms with Gasteiger partial charge >= 0.3 is 5.97 Å². The number of fused-ring (bicyclic) bond motifs is 6. The van der Waals surface area contributed by atoms with Gasteiger partial charge in [-0.05, 0) is 55.5 Å². The van der Waals surface area contributed by atoms with Crippen LogP contribution in [0.15, 0.2) is 54.6 Å². The Morgan fingerprint density at radius 3 is 1.85 bits per heavy atom. The molecule has 0 aliphatic carbocycles. The molecule has 0 spiro atoms. The molecule has 7 rings (SSSR count). The first kappa shape index (κ1) is 32.8. The molecule has 10 nitrogen and oxygen atoms in total. The lowest BCUT2D eigenvalue weighted by Crippen LogP contribution is -2.14. The first-order chi connectivity index (χ1) is 23.3. The molecule has 0 radical (unpaired) electrons. The maximum absolute atomic E-state index is 13.8. The van der Waals surface area contributed by atoms with Crippen molar-refractivity contribution in [2.24, 2.45) is 0 Å². The summed E-state index contributed by atoms with van der Waals surface area (Å²) in [6.45, 7) is 3.08. The summed E-state index contributed by atoms with van der Waals surface area (Å²) in [7, 11) is 3.19. The highest BCUT2D eigenvalue weighted by Crippen LogP contribution is 2.42. The number of nitrogens with zero attached hydrogens (tertiary/aromatic N) is 2. The van der Waals surface area contributed by atoms with E-state index in [2.05, 4.69) is 15.3 Å². The molecule has 0 saturated carbocycles. The summed E-state index contributed by atoms with van der Waals surface area (Å²) in [5.74, 6) is 0.131. The molecule has 0 fully saturated rings. The summed E-state index contributed by atoms with van der Waals surface area (Å²) in [6, 6.07) is 14.4. The summed E-state index contributed by atoms with van der Waals surface area (Å²) >= 11 is 2.48. The predicted molar refractivity (Wildman–Crippen MR) is 177 cm³/mol. The molecule has 5 aromatic rings. The van der Waals surface area contributed by atoms with Crippen molar-refractivity contribution < 1.29 is 42.1 Å². The molecule has 48 heavy (non-hydrogen) atoms. The number of benzene rings is 3. The molecule has 2 aromatic heterocycles. The van der Waals surface area contributed by atoms with E-state index in [1.165, 1.54) is 17.4 Å². The van der Waals surface area contributed by atoms with Gasteiger partial charge in [0.15, 0.2) is 5.01 Å². The maximum Gasteiger partial charge on any atom is 0.367 e. The van der Waals surface area contributed by atoms with Crippen LogP contribution in [0.2, 0.25) is 0 Å². The Balaban J connectivity index is 0.000000173. The second kappa shape index (κ2) is 14.4. The van der Waals surface area contributed by atoms with Crippen molar-refractivity contribution in [1.29, 1.82) is 0 Å². The minimum atomic E-state index is -0.843. The molecular formula is C34H29F2N3O7S2. The van der Waals surface area contributed by atoms with Gasteiger partial charge in [0.05, 0.1) is 55.2 Å². The number of carbonyl (C=O) groups excluding carboxylic acids is 2.